The molecular weight excluding hydrogens is 407 g/mol. The molecule has 4 rings (SSSR count). The van der Waals surface area contributed by atoms with E-state index in [1.165, 1.54) is 12.1 Å². The summed E-state index contributed by atoms with van der Waals surface area (Å²) in [5.74, 6) is 0.330. The zero-order valence-electron chi connectivity index (χ0n) is 13.0. The van der Waals surface area contributed by atoms with Gasteiger partial charge in [-0.05, 0) is 42.5 Å². The number of oxazole rings is 1. The van der Waals surface area contributed by atoms with E-state index in [-0.39, 0.29) is 22.8 Å². The van der Waals surface area contributed by atoms with Crippen molar-refractivity contribution < 1.29 is 30.4 Å². The summed E-state index contributed by atoms with van der Waals surface area (Å²) in [6.45, 7) is 0.670. The number of hydrogen-bond acceptors (Lipinski definition) is 2. The van der Waals surface area contributed by atoms with Gasteiger partial charge in [0.15, 0.2) is 24.5 Å². The maximum Gasteiger partial charge on any atom is 0.227 e. The van der Waals surface area contributed by atoms with Crippen LogP contribution < -0.4 is 21.5 Å². The predicted molar refractivity (Wildman–Crippen MR) is 90.2 cm³/mol. The Morgan fingerprint density at radius 3 is 2.44 bits per heavy atom. The average Bonchev–Trinajstić information content (AvgIpc) is 3.01. The molecule has 0 bridgehead atoms. The van der Waals surface area contributed by atoms with E-state index in [1.54, 1.807) is 24.3 Å². The van der Waals surface area contributed by atoms with Gasteiger partial charge in [0, 0.05) is 28.3 Å². The molecule has 25 heavy (non-hydrogen) atoms. The molecule has 0 fully saturated rings. The van der Waals surface area contributed by atoms with Crippen molar-refractivity contribution in [1.29, 1.82) is 0 Å². The summed E-state index contributed by atoms with van der Waals surface area (Å²) in [5.41, 5.74) is 3.36. The molecule has 0 saturated carbocycles. The molecule has 6 heteroatoms. The minimum absolute atomic E-state index is 0. The molecule has 0 atom stereocenters. The largest absolute Gasteiger partial charge is 1.00 e. The Labute approximate surface area is 159 Å². The Kier molecular flexibility index (Phi) is 5.16. The highest BCUT2D eigenvalue weighted by Crippen LogP contribution is 2.25. The molecule has 0 saturated heterocycles. The van der Waals surface area contributed by atoms with Crippen LogP contribution in [-0.4, -0.2) is 4.98 Å². The van der Waals surface area contributed by atoms with Crippen LogP contribution in [0, 0.1) is 5.82 Å². The number of rotatable bonds is 3. The Bertz CT molecular complexity index is 1000. The predicted octanol–water partition coefficient (Wildman–Crippen LogP) is 1.63. The van der Waals surface area contributed by atoms with Crippen LogP contribution in [0.1, 0.15) is 5.56 Å². The van der Waals surface area contributed by atoms with Gasteiger partial charge in [0.25, 0.3) is 0 Å². The normalized spacial score (nSPS) is 10.6. The minimum Gasteiger partial charge on any atom is -1.00 e. The van der Waals surface area contributed by atoms with Crippen LogP contribution in [0.3, 0.4) is 0 Å². The smallest absolute Gasteiger partial charge is 0.227 e. The van der Waals surface area contributed by atoms with Gasteiger partial charge in [0.05, 0.1) is 0 Å². The molecule has 0 spiro atoms. The van der Waals surface area contributed by atoms with Crippen molar-refractivity contribution >= 4 is 22.7 Å². The minimum atomic E-state index is -0.227. The number of pyridine rings is 1. The zero-order valence-corrected chi connectivity index (χ0v) is 15.3. The van der Waals surface area contributed by atoms with Crippen molar-refractivity contribution in [2.45, 2.75) is 6.54 Å². The Hall–Kier alpha value is -2.24. The van der Waals surface area contributed by atoms with E-state index in [0.29, 0.717) is 23.0 Å². The third kappa shape index (κ3) is 3.89. The summed E-state index contributed by atoms with van der Waals surface area (Å²) < 4.78 is 20.7. The zero-order chi connectivity index (χ0) is 16.5. The first kappa shape index (κ1) is 17.6. The lowest BCUT2D eigenvalue weighted by Gasteiger charge is -1.99. The standard InChI is InChI=1S/C19H13ClFN2O.BrH/c20-15-3-6-18-17(11-15)22-19(24-18)14-7-9-23(10-8-14)12-13-1-4-16(21)5-2-13;/h1-11H,12H2;1H/q+1;/p-1. The monoisotopic (exact) mass is 418 g/mol. The maximum atomic E-state index is 12.9. The molecule has 0 N–H and O–H groups in total. The number of aromatic nitrogens is 2. The van der Waals surface area contributed by atoms with Gasteiger partial charge in [-0.25, -0.2) is 13.9 Å². The molecule has 2 heterocycles. The molecule has 0 aliphatic rings. The van der Waals surface area contributed by atoms with E-state index in [2.05, 4.69) is 4.98 Å². The van der Waals surface area contributed by atoms with Gasteiger partial charge in [-0.15, -0.1) is 0 Å². The summed E-state index contributed by atoms with van der Waals surface area (Å²) in [5, 5.41) is 0.632. The highest BCUT2D eigenvalue weighted by Gasteiger charge is 2.11. The first-order valence-corrected chi connectivity index (χ1v) is 7.85. The maximum absolute atomic E-state index is 12.9. The lowest BCUT2D eigenvalue weighted by atomic mass is 10.2. The summed E-state index contributed by atoms with van der Waals surface area (Å²) in [4.78, 5) is 4.47. The van der Waals surface area contributed by atoms with E-state index in [9.17, 15) is 4.39 Å². The van der Waals surface area contributed by atoms with Crippen molar-refractivity contribution in [3.8, 4) is 11.5 Å². The van der Waals surface area contributed by atoms with E-state index >= 15 is 0 Å². The molecule has 2 aromatic heterocycles. The van der Waals surface area contributed by atoms with E-state index in [1.807, 2.05) is 35.2 Å². The van der Waals surface area contributed by atoms with E-state index in [0.717, 1.165) is 16.6 Å². The van der Waals surface area contributed by atoms with Crippen molar-refractivity contribution in [1.82, 2.24) is 4.98 Å². The van der Waals surface area contributed by atoms with Gasteiger partial charge in [-0.1, -0.05) is 11.6 Å². The summed E-state index contributed by atoms with van der Waals surface area (Å²) in [6, 6.07) is 15.7. The van der Waals surface area contributed by atoms with Crippen LogP contribution in [0.25, 0.3) is 22.6 Å². The van der Waals surface area contributed by atoms with Crippen LogP contribution in [0.15, 0.2) is 71.4 Å². The average molecular weight is 420 g/mol. The van der Waals surface area contributed by atoms with Crippen molar-refractivity contribution in [2.24, 2.45) is 0 Å². The van der Waals surface area contributed by atoms with Crippen LogP contribution in [0.4, 0.5) is 4.39 Å². The quantitative estimate of drug-likeness (QED) is 0.473. The van der Waals surface area contributed by atoms with E-state index in [4.69, 9.17) is 16.0 Å². The molecule has 0 aliphatic carbocycles. The number of nitrogens with zero attached hydrogens (tertiary/aromatic N) is 2. The highest BCUT2D eigenvalue weighted by molar-refractivity contribution is 6.31. The second-order valence-corrected chi connectivity index (χ2v) is 5.95. The van der Waals surface area contributed by atoms with Crippen LogP contribution >= 0.6 is 11.6 Å². The van der Waals surface area contributed by atoms with Gasteiger partial charge < -0.3 is 21.4 Å². The molecule has 3 nitrogen and oxygen atoms in total. The number of hydrogen-bond donors (Lipinski definition) is 0. The fourth-order valence-electron chi connectivity index (χ4n) is 2.53. The fraction of sp³-hybridized carbons (Fsp3) is 0.0526. The first-order valence-electron chi connectivity index (χ1n) is 7.47. The topological polar surface area (TPSA) is 29.9 Å². The van der Waals surface area contributed by atoms with Gasteiger partial charge in [0.2, 0.25) is 5.89 Å². The fourth-order valence-corrected chi connectivity index (χ4v) is 2.70. The Balaban J connectivity index is 0.00000182. The number of fused-ring (bicyclic) bond motifs is 1. The number of halogens is 3. The third-order valence-corrected chi connectivity index (χ3v) is 4.00. The van der Waals surface area contributed by atoms with Crippen LogP contribution in [-0.2, 0) is 6.54 Å². The third-order valence-electron chi connectivity index (χ3n) is 3.77. The van der Waals surface area contributed by atoms with Gasteiger partial charge in [-0.3, -0.25) is 0 Å². The summed E-state index contributed by atoms with van der Waals surface area (Å²) in [6.07, 6.45) is 3.89. The molecular formula is C19H13BrClFN2O. The van der Waals surface area contributed by atoms with Crippen molar-refractivity contribution in [3.63, 3.8) is 0 Å². The van der Waals surface area contributed by atoms with Gasteiger partial charge >= 0.3 is 0 Å². The number of benzene rings is 2. The summed E-state index contributed by atoms with van der Waals surface area (Å²) in [7, 11) is 0. The van der Waals surface area contributed by atoms with Gasteiger partial charge in [-0.2, -0.15) is 0 Å². The lowest BCUT2D eigenvalue weighted by molar-refractivity contribution is -0.688. The molecule has 0 unspecified atom stereocenters. The SMILES string of the molecule is Fc1ccc(C[n+]2ccc(-c3nc4cc(Cl)ccc4o3)cc2)cc1.[Br-]. The molecule has 2 aromatic carbocycles. The lowest BCUT2D eigenvalue weighted by Crippen LogP contribution is -3.00. The first-order chi connectivity index (χ1) is 11.7. The van der Waals surface area contributed by atoms with Crippen LogP contribution in [0.2, 0.25) is 5.02 Å². The second kappa shape index (κ2) is 7.33. The van der Waals surface area contributed by atoms with Crippen LogP contribution in [0.5, 0.6) is 0 Å². The molecule has 0 aliphatic heterocycles. The Morgan fingerprint density at radius 1 is 1.00 bits per heavy atom. The van der Waals surface area contributed by atoms with Crippen molar-refractivity contribution in [3.05, 3.63) is 83.4 Å². The van der Waals surface area contributed by atoms with E-state index < -0.39 is 0 Å². The molecule has 126 valence electrons. The molecule has 0 amide bonds. The molecule has 0 radical (unpaired) electrons. The molecule has 4 aromatic rings. The van der Waals surface area contributed by atoms with Gasteiger partial charge in [0.1, 0.15) is 11.3 Å². The second-order valence-electron chi connectivity index (χ2n) is 5.52. The highest BCUT2D eigenvalue weighted by atomic mass is 79.9. The Morgan fingerprint density at radius 2 is 1.72 bits per heavy atom. The van der Waals surface area contributed by atoms with Crippen molar-refractivity contribution in [2.75, 3.05) is 0 Å². The summed E-state index contributed by atoms with van der Waals surface area (Å²) >= 11 is 5.97.